The molecule has 5 aromatic rings. The summed E-state index contributed by atoms with van der Waals surface area (Å²) in [5, 5.41) is 0. The van der Waals surface area contributed by atoms with E-state index < -0.39 is 0 Å². The highest BCUT2D eigenvalue weighted by atomic mass is 35.5. The predicted octanol–water partition coefficient (Wildman–Crippen LogP) is 8.14. The van der Waals surface area contributed by atoms with Gasteiger partial charge in [0.1, 0.15) is 0 Å². The maximum Gasteiger partial charge on any atom is 0.239 e. The van der Waals surface area contributed by atoms with Crippen molar-refractivity contribution in [1.82, 2.24) is 0 Å². The van der Waals surface area contributed by atoms with Gasteiger partial charge in [-0.3, -0.25) is 0 Å². The smallest absolute Gasteiger partial charge is 0.239 e. The number of rotatable bonds is 6. The van der Waals surface area contributed by atoms with Crippen LogP contribution in [0.4, 0.5) is 0 Å². The minimum Gasteiger partial charge on any atom is -1.00 e. The van der Waals surface area contributed by atoms with Crippen molar-refractivity contribution in [1.29, 1.82) is 0 Å². The van der Waals surface area contributed by atoms with E-state index in [1.807, 2.05) is 23.1 Å². The Hall–Kier alpha value is -3.95. The van der Waals surface area contributed by atoms with Gasteiger partial charge in [0.25, 0.3) is 0 Å². The number of hydrogen-bond acceptors (Lipinski definition) is 1. The Kier molecular flexibility index (Phi) is 9.26. The van der Waals surface area contributed by atoms with E-state index in [-0.39, 0.29) is 12.4 Å². The summed E-state index contributed by atoms with van der Waals surface area (Å²) < 4.78 is 0. The van der Waals surface area contributed by atoms with E-state index in [2.05, 4.69) is 164 Å². The maximum atomic E-state index is 2.30. The molecular weight excluding hydrogens is 544 g/mol. The Balaban J connectivity index is 0.00000323. The van der Waals surface area contributed by atoms with E-state index in [0.717, 1.165) is 0 Å². The Morgan fingerprint density at radius 3 is 1.70 bits per heavy atom. The van der Waals surface area contributed by atoms with Crippen molar-refractivity contribution in [2.45, 2.75) is 0 Å². The Bertz CT molecular complexity index is 1630. The van der Waals surface area contributed by atoms with Gasteiger partial charge < -0.3 is 12.4 Å². The minimum atomic E-state index is 0. The van der Waals surface area contributed by atoms with Crippen LogP contribution in [0, 0.1) is 0 Å². The van der Waals surface area contributed by atoms with Crippen LogP contribution in [0.5, 0.6) is 0 Å². The second-order valence-corrected chi connectivity index (χ2v) is 11.4. The van der Waals surface area contributed by atoms with Crippen LogP contribution in [0.1, 0.15) is 16.0 Å². The van der Waals surface area contributed by atoms with E-state index >= 15 is 0 Å². The quantitative estimate of drug-likeness (QED) is 0.186. The zero-order valence-corrected chi connectivity index (χ0v) is 24.2. The van der Waals surface area contributed by atoms with Crippen LogP contribution >= 0.6 is 23.1 Å². The maximum absolute atomic E-state index is 2.30. The largest absolute Gasteiger partial charge is 1.00 e. The molecule has 40 heavy (non-hydrogen) atoms. The summed E-state index contributed by atoms with van der Waals surface area (Å²) in [7, 11) is 0. The zero-order valence-electron chi connectivity index (χ0n) is 21.8. The molecule has 0 fully saturated rings. The molecule has 0 saturated carbocycles. The average molecular weight is 571 g/mol. The van der Waals surface area contributed by atoms with Crippen LogP contribution in [0.25, 0.3) is 38.1 Å². The number of thioether (sulfide) groups is 1. The van der Waals surface area contributed by atoms with Crippen molar-refractivity contribution in [3.63, 3.8) is 0 Å². The van der Waals surface area contributed by atoms with Crippen molar-refractivity contribution in [3.05, 3.63) is 179 Å². The van der Waals surface area contributed by atoms with Gasteiger partial charge in [0.05, 0.1) is 0 Å². The third-order valence-corrected chi connectivity index (χ3v) is 8.60. The Morgan fingerprint density at radius 1 is 0.525 bits per heavy atom. The van der Waals surface area contributed by atoms with Crippen LogP contribution < -0.4 is 12.4 Å². The average Bonchev–Trinajstić information content (AvgIpc) is 3.02. The minimum absolute atomic E-state index is 0. The van der Waals surface area contributed by atoms with Gasteiger partial charge in [-0.25, -0.2) is 0 Å². The van der Waals surface area contributed by atoms with Crippen molar-refractivity contribution in [2.75, 3.05) is 0 Å². The van der Waals surface area contributed by atoms with Crippen LogP contribution in [0.3, 0.4) is 0 Å². The molecule has 0 unspecified atom stereocenters. The summed E-state index contributed by atoms with van der Waals surface area (Å²) in [4.78, 5) is 4.96. The molecule has 3 heteroatoms. The third kappa shape index (κ3) is 6.78. The molecule has 0 bridgehead atoms. The molecule has 2 heterocycles. The first-order valence-corrected chi connectivity index (χ1v) is 14.6. The van der Waals surface area contributed by atoms with Crippen molar-refractivity contribution in [3.8, 4) is 21.6 Å². The predicted molar refractivity (Wildman–Crippen MR) is 173 cm³/mol. The van der Waals surface area contributed by atoms with E-state index in [1.54, 1.807) is 0 Å². The standard InChI is InChI=1S/C37H27S2.ClH/c1-5-14-28(15-6-1)32-24-34(38-36(26-32)30-18-9-3-10-19-30)22-13-23-35-25-33(29-16-7-2-8-17-29)27-37(39-35)31-20-11-4-12-21-31;/h1-27H;1H/q+1;/p-1. The molecule has 0 atom stereocenters. The lowest BCUT2D eigenvalue weighted by molar-refractivity contribution is -0.00000713. The molecule has 4 aromatic carbocycles. The molecular formula is C37H27ClS2. The van der Waals surface area contributed by atoms with Gasteiger partial charge in [-0.2, -0.15) is 0 Å². The molecule has 0 spiro atoms. The molecule has 0 nitrogen and oxygen atoms in total. The second kappa shape index (κ2) is 13.4. The van der Waals surface area contributed by atoms with Gasteiger partial charge in [-0.05, 0) is 58.2 Å². The van der Waals surface area contributed by atoms with Crippen LogP contribution in [-0.4, -0.2) is 0 Å². The van der Waals surface area contributed by atoms with E-state index in [0.29, 0.717) is 0 Å². The number of allylic oxidation sites excluding steroid dienone is 5. The molecule has 0 N–H and O–H groups in total. The Labute approximate surface area is 251 Å². The number of benzene rings is 4. The van der Waals surface area contributed by atoms with E-state index in [9.17, 15) is 0 Å². The highest BCUT2D eigenvalue weighted by molar-refractivity contribution is 8.12. The van der Waals surface area contributed by atoms with Crippen LogP contribution in [-0.2, 0) is 0 Å². The second-order valence-electron chi connectivity index (χ2n) is 9.22. The fraction of sp³-hybridized carbons (Fsp3) is 0. The summed E-state index contributed by atoms with van der Waals surface area (Å²) in [6.07, 6.45) is 11.2. The van der Waals surface area contributed by atoms with Gasteiger partial charge in [0, 0.05) is 33.6 Å². The van der Waals surface area contributed by atoms with Crippen LogP contribution in [0.15, 0.2) is 163 Å². The summed E-state index contributed by atoms with van der Waals surface area (Å²) in [5.41, 5.74) is 7.40. The molecule has 1 aromatic heterocycles. The molecule has 6 rings (SSSR count). The highest BCUT2D eigenvalue weighted by Gasteiger charge is 2.16. The fourth-order valence-electron chi connectivity index (χ4n) is 4.53. The van der Waals surface area contributed by atoms with Crippen molar-refractivity contribution < 1.29 is 12.4 Å². The van der Waals surface area contributed by atoms with Gasteiger partial charge >= 0.3 is 0 Å². The summed E-state index contributed by atoms with van der Waals surface area (Å²) in [6.45, 7) is 0. The fourth-order valence-corrected chi connectivity index (χ4v) is 6.58. The first-order chi connectivity index (χ1) is 19.3. The topological polar surface area (TPSA) is 0 Å². The van der Waals surface area contributed by atoms with Gasteiger partial charge in [0.15, 0.2) is 0 Å². The lowest BCUT2D eigenvalue weighted by atomic mass is 10.0. The number of halogens is 1. The Morgan fingerprint density at radius 2 is 1.07 bits per heavy atom. The summed E-state index contributed by atoms with van der Waals surface area (Å²) in [6, 6.07) is 47.1. The van der Waals surface area contributed by atoms with E-state index in [1.165, 1.54) is 53.0 Å². The van der Waals surface area contributed by atoms with Gasteiger partial charge in [0.2, 0.25) is 21.1 Å². The zero-order chi connectivity index (χ0) is 26.3. The number of hydrogen-bond donors (Lipinski definition) is 0. The molecule has 1 aliphatic rings. The normalized spacial score (nSPS) is 13.9. The lowest BCUT2D eigenvalue weighted by Gasteiger charge is -2.16. The molecule has 0 saturated heterocycles. The van der Waals surface area contributed by atoms with Crippen molar-refractivity contribution >= 4 is 39.7 Å². The molecule has 194 valence electrons. The monoisotopic (exact) mass is 570 g/mol. The SMILES string of the molecule is C(=Cc1cc(-c2ccccc2)cc(-c2ccccc2)[s+]1)C=C1C=C(c2ccccc2)C=C(c2ccccc2)S1.[Cl-]. The highest BCUT2D eigenvalue weighted by Crippen LogP contribution is 2.42. The summed E-state index contributed by atoms with van der Waals surface area (Å²) in [5.74, 6) is 0. The lowest BCUT2D eigenvalue weighted by Crippen LogP contribution is -3.00. The van der Waals surface area contributed by atoms with Gasteiger partial charge in [-0.15, -0.1) is 0 Å². The van der Waals surface area contributed by atoms with E-state index in [4.69, 9.17) is 0 Å². The third-order valence-electron chi connectivity index (χ3n) is 6.48. The first-order valence-electron chi connectivity index (χ1n) is 13.0. The summed E-state index contributed by atoms with van der Waals surface area (Å²) >= 11 is 3.63. The first kappa shape index (κ1) is 27.6. The van der Waals surface area contributed by atoms with Crippen LogP contribution in [0.2, 0.25) is 0 Å². The molecule has 0 aliphatic carbocycles. The molecule has 1 aliphatic heterocycles. The van der Waals surface area contributed by atoms with Crippen molar-refractivity contribution in [2.24, 2.45) is 0 Å². The molecule has 0 radical (unpaired) electrons. The van der Waals surface area contributed by atoms with Gasteiger partial charge in [-0.1, -0.05) is 127 Å². The molecule has 0 amide bonds.